The summed E-state index contributed by atoms with van der Waals surface area (Å²) in [5.74, 6) is -1.42. The molecule has 0 radical (unpaired) electrons. The average Bonchev–Trinajstić information content (AvgIpc) is 2.61. The van der Waals surface area contributed by atoms with Gasteiger partial charge >= 0.3 is 12.1 Å². The molecule has 1 aromatic heterocycles. The number of aromatic nitrogens is 1. The molecule has 0 N–H and O–H groups in total. The first-order valence-corrected chi connectivity index (χ1v) is 8.53. The number of hydrogen-bond donors (Lipinski definition) is 0. The number of alkyl halides is 3. The molecule has 0 saturated heterocycles. The number of fused-ring (bicyclic) bond motifs is 1. The van der Waals surface area contributed by atoms with E-state index in [4.69, 9.17) is 4.74 Å². The van der Waals surface area contributed by atoms with E-state index in [1.54, 1.807) is 13.1 Å². The molecule has 1 heterocycles. The lowest BCUT2D eigenvalue weighted by molar-refractivity contribution is -0.138. The lowest BCUT2D eigenvalue weighted by atomic mass is 9.84. The molecule has 0 fully saturated rings. The minimum atomic E-state index is -4.61. The van der Waals surface area contributed by atoms with Crippen LogP contribution in [-0.4, -0.2) is 17.6 Å². The lowest BCUT2D eigenvalue weighted by Gasteiger charge is -2.22. The van der Waals surface area contributed by atoms with Crippen LogP contribution in [-0.2, 0) is 22.1 Å². The molecule has 0 saturated carbocycles. The van der Waals surface area contributed by atoms with Crippen molar-refractivity contribution in [2.75, 3.05) is 6.61 Å². The van der Waals surface area contributed by atoms with Gasteiger partial charge in [0.15, 0.2) is 0 Å². The van der Waals surface area contributed by atoms with Crippen LogP contribution in [0.25, 0.3) is 16.7 Å². The fourth-order valence-corrected chi connectivity index (χ4v) is 3.24. The van der Waals surface area contributed by atoms with Crippen LogP contribution in [0, 0.1) is 5.82 Å². The van der Waals surface area contributed by atoms with Crippen molar-refractivity contribution < 1.29 is 27.1 Å². The number of halogens is 4. The topological polar surface area (TPSA) is 39.2 Å². The fourth-order valence-electron chi connectivity index (χ4n) is 3.24. The molecular formula is C20H17F4NO2. The smallest absolute Gasteiger partial charge is 0.416 e. The van der Waals surface area contributed by atoms with Crippen molar-refractivity contribution in [1.82, 2.24) is 4.98 Å². The summed E-state index contributed by atoms with van der Waals surface area (Å²) in [5, 5.41) is 0. The first-order chi connectivity index (χ1) is 12.8. The number of carbonyl (C=O) groups is 1. The van der Waals surface area contributed by atoms with Crippen LogP contribution in [0.5, 0.6) is 0 Å². The highest BCUT2D eigenvalue weighted by atomic mass is 19.4. The van der Waals surface area contributed by atoms with Crippen LogP contribution in [0.4, 0.5) is 17.6 Å². The fraction of sp³-hybridized carbons (Fsp3) is 0.300. The Hall–Kier alpha value is -2.70. The third kappa shape index (κ3) is 4.02. The molecule has 7 heteroatoms. The van der Waals surface area contributed by atoms with Crippen LogP contribution in [0.15, 0.2) is 36.7 Å². The Morgan fingerprint density at radius 2 is 1.93 bits per heavy atom. The van der Waals surface area contributed by atoms with Crippen molar-refractivity contribution in [1.29, 1.82) is 0 Å². The molecule has 1 aliphatic rings. The molecule has 27 heavy (non-hydrogen) atoms. The SMILES string of the molecule is CCOC(=O)C=C1CCCc2c1cncc2-c1ccc(C(F)(F)F)cc1F. The second kappa shape index (κ2) is 7.50. The predicted octanol–water partition coefficient (Wildman–Crippen LogP) is 5.19. The van der Waals surface area contributed by atoms with Crippen LogP contribution in [0.3, 0.4) is 0 Å². The van der Waals surface area contributed by atoms with E-state index < -0.39 is 23.5 Å². The van der Waals surface area contributed by atoms with E-state index in [9.17, 15) is 22.4 Å². The third-order valence-corrected chi connectivity index (χ3v) is 4.44. The monoisotopic (exact) mass is 379 g/mol. The van der Waals surface area contributed by atoms with E-state index in [1.165, 1.54) is 12.3 Å². The quantitative estimate of drug-likeness (QED) is 0.419. The highest BCUT2D eigenvalue weighted by Crippen LogP contribution is 2.38. The average molecular weight is 379 g/mol. The number of nitrogens with zero attached hydrogens (tertiary/aromatic N) is 1. The minimum absolute atomic E-state index is 0.0599. The van der Waals surface area contributed by atoms with Gasteiger partial charge in [-0.25, -0.2) is 9.18 Å². The predicted molar refractivity (Wildman–Crippen MR) is 92.2 cm³/mol. The van der Waals surface area contributed by atoms with Gasteiger partial charge in [-0.2, -0.15) is 13.2 Å². The third-order valence-electron chi connectivity index (χ3n) is 4.44. The highest BCUT2D eigenvalue weighted by molar-refractivity contribution is 5.93. The van der Waals surface area contributed by atoms with Gasteiger partial charge in [0.2, 0.25) is 0 Å². The number of hydrogen-bond acceptors (Lipinski definition) is 3. The molecule has 3 rings (SSSR count). The molecule has 0 bridgehead atoms. The highest BCUT2D eigenvalue weighted by Gasteiger charge is 2.31. The van der Waals surface area contributed by atoms with Gasteiger partial charge in [0.05, 0.1) is 12.2 Å². The van der Waals surface area contributed by atoms with E-state index in [2.05, 4.69) is 4.98 Å². The first-order valence-electron chi connectivity index (χ1n) is 8.53. The van der Waals surface area contributed by atoms with Gasteiger partial charge in [-0.05, 0) is 49.5 Å². The van der Waals surface area contributed by atoms with E-state index >= 15 is 0 Å². The first kappa shape index (κ1) is 19.1. The standard InChI is InChI=1S/C20H17F4NO2/c1-2-27-19(26)8-12-4-3-5-14-16(12)10-25-11-17(14)15-7-6-13(9-18(15)21)20(22,23)24/h6-11H,2-5H2,1H3. The summed E-state index contributed by atoms with van der Waals surface area (Å²) < 4.78 is 57.7. The molecule has 0 unspecified atom stereocenters. The number of benzene rings is 1. The van der Waals surface area contributed by atoms with Gasteiger partial charge < -0.3 is 4.74 Å². The van der Waals surface area contributed by atoms with Crippen LogP contribution >= 0.6 is 0 Å². The Balaban J connectivity index is 2.06. The van der Waals surface area contributed by atoms with E-state index in [0.717, 1.165) is 29.7 Å². The van der Waals surface area contributed by atoms with Gasteiger partial charge in [-0.1, -0.05) is 6.07 Å². The van der Waals surface area contributed by atoms with E-state index in [0.29, 0.717) is 30.0 Å². The molecule has 1 aromatic carbocycles. The van der Waals surface area contributed by atoms with Crippen molar-refractivity contribution in [2.45, 2.75) is 32.4 Å². The van der Waals surface area contributed by atoms with Crippen molar-refractivity contribution >= 4 is 11.5 Å². The van der Waals surface area contributed by atoms with Crippen LogP contribution in [0.2, 0.25) is 0 Å². The van der Waals surface area contributed by atoms with Gasteiger partial charge in [0, 0.05) is 35.2 Å². The number of allylic oxidation sites excluding steroid dienone is 1. The number of esters is 1. The van der Waals surface area contributed by atoms with Crippen molar-refractivity contribution in [2.24, 2.45) is 0 Å². The summed E-state index contributed by atoms with van der Waals surface area (Å²) in [6.45, 7) is 1.96. The molecule has 0 amide bonds. The number of ether oxygens (including phenoxy) is 1. The van der Waals surface area contributed by atoms with Gasteiger partial charge in [-0.3, -0.25) is 4.98 Å². The Kier molecular flexibility index (Phi) is 5.30. The largest absolute Gasteiger partial charge is 0.463 e. The second-order valence-electron chi connectivity index (χ2n) is 6.18. The minimum Gasteiger partial charge on any atom is -0.463 e. The Morgan fingerprint density at radius 1 is 1.19 bits per heavy atom. The molecular weight excluding hydrogens is 362 g/mol. The van der Waals surface area contributed by atoms with Crippen LogP contribution in [0.1, 0.15) is 36.5 Å². The molecule has 1 aliphatic carbocycles. The summed E-state index contributed by atoms with van der Waals surface area (Å²) in [6, 6.07) is 2.47. The molecule has 3 nitrogen and oxygen atoms in total. The maximum Gasteiger partial charge on any atom is 0.416 e. The molecule has 142 valence electrons. The second-order valence-corrected chi connectivity index (χ2v) is 6.18. The van der Waals surface area contributed by atoms with Gasteiger partial charge in [0.1, 0.15) is 5.82 Å². The zero-order valence-corrected chi connectivity index (χ0v) is 14.6. The summed E-state index contributed by atoms with van der Waals surface area (Å²) in [5.41, 5.74) is 1.66. The molecule has 2 aromatic rings. The van der Waals surface area contributed by atoms with Crippen molar-refractivity contribution in [3.05, 3.63) is 59.2 Å². The van der Waals surface area contributed by atoms with Crippen molar-refractivity contribution in [3.8, 4) is 11.1 Å². The number of pyridine rings is 1. The summed E-state index contributed by atoms with van der Waals surface area (Å²) in [7, 11) is 0. The van der Waals surface area contributed by atoms with Crippen LogP contribution < -0.4 is 0 Å². The zero-order chi connectivity index (χ0) is 19.6. The number of carbonyl (C=O) groups excluding carboxylic acids is 1. The molecule has 0 atom stereocenters. The van der Waals surface area contributed by atoms with Gasteiger partial charge in [-0.15, -0.1) is 0 Å². The number of rotatable bonds is 3. The maximum atomic E-state index is 14.4. The summed E-state index contributed by atoms with van der Waals surface area (Å²) in [4.78, 5) is 15.9. The lowest BCUT2D eigenvalue weighted by Crippen LogP contribution is -2.09. The van der Waals surface area contributed by atoms with Crippen molar-refractivity contribution in [3.63, 3.8) is 0 Å². The normalized spacial score (nSPS) is 15.5. The maximum absolute atomic E-state index is 14.4. The Bertz CT molecular complexity index is 903. The molecule has 0 spiro atoms. The van der Waals surface area contributed by atoms with E-state index in [-0.39, 0.29) is 12.2 Å². The summed E-state index contributed by atoms with van der Waals surface area (Å²) in [6.07, 6.45) is 1.82. The van der Waals surface area contributed by atoms with Gasteiger partial charge in [0.25, 0.3) is 0 Å². The molecule has 0 aliphatic heterocycles. The summed E-state index contributed by atoms with van der Waals surface area (Å²) >= 11 is 0. The zero-order valence-electron chi connectivity index (χ0n) is 14.6. The Morgan fingerprint density at radius 3 is 2.59 bits per heavy atom. The Labute approximate surface area is 153 Å². The van der Waals surface area contributed by atoms with E-state index in [1.807, 2.05) is 0 Å².